The monoisotopic (exact) mass is 614 g/mol. The second-order valence-corrected chi connectivity index (χ2v) is 12.0. The first-order valence-corrected chi connectivity index (χ1v) is 15.5. The molecule has 2 aromatic carbocycles. The Hall–Kier alpha value is -4.06. The molecule has 8 nitrogen and oxygen atoms in total. The summed E-state index contributed by atoms with van der Waals surface area (Å²) in [6.07, 6.45) is 3.66. The third-order valence-electron chi connectivity index (χ3n) is 6.95. The topological polar surface area (TPSA) is 93.6 Å². The lowest BCUT2D eigenvalue weighted by atomic mass is 10.0. The van der Waals surface area contributed by atoms with Crippen LogP contribution in [0.5, 0.6) is 5.75 Å². The fourth-order valence-corrected chi connectivity index (χ4v) is 7.38. The summed E-state index contributed by atoms with van der Waals surface area (Å²) in [5.41, 5.74) is 4.95. The molecule has 6 rings (SSSR count). The molecule has 2 aliphatic heterocycles. The van der Waals surface area contributed by atoms with Gasteiger partial charge in [-0.2, -0.15) is 0 Å². The van der Waals surface area contributed by atoms with E-state index in [1.54, 1.807) is 36.2 Å². The van der Waals surface area contributed by atoms with E-state index in [-0.39, 0.29) is 35.3 Å². The maximum Gasteiger partial charge on any atom is 0.253 e. The van der Waals surface area contributed by atoms with Gasteiger partial charge in [-0.25, -0.2) is 4.98 Å². The minimum Gasteiger partial charge on any atom is -0.497 e. The van der Waals surface area contributed by atoms with Gasteiger partial charge in [0.25, 0.3) is 5.91 Å². The minimum absolute atomic E-state index is 0.198. The van der Waals surface area contributed by atoms with E-state index in [2.05, 4.69) is 10.3 Å². The van der Waals surface area contributed by atoms with Crippen molar-refractivity contribution in [1.82, 2.24) is 20.2 Å². The van der Waals surface area contributed by atoms with Crippen LogP contribution in [0.25, 0.3) is 16.8 Å². The number of hydrogen-bond acceptors (Lipinski definition) is 9. The molecule has 4 heterocycles. The van der Waals surface area contributed by atoms with Crippen molar-refractivity contribution in [3.05, 3.63) is 106 Å². The predicted molar refractivity (Wildman–Crippen MR) is 168 cm³/mol. The first kappa shape index (κ1) is 28.1. The fourth-order valence-electron chi connectivity index (χ4n) is 4.78. The molecular weight excluding hydrogens is 589 g/mol. The second kappa shape index (κ2) is 12.4. The van der Waals surface area contributed by atoms with Gasteiger partial charge in [-0.05, 0) is 47.6 Å². The molecule has 2 atom stereocenters. The van der Waals surface area contributed by atoms with Gasteiger partial charge >= 0.3 is 0 Å². The molecule has 212 valence electrons. The smallest absolute Gasteiger partial charge is 0.253 e. The van der Waals surface area contributed by atoms with E-state index in [0.717, 1.165) is 38.7 Å². The maximum absolute atomic E-state index is 13.6. The number of pyridine rings is 1. The molecule has 2 aromatic heterocycles. The van der Waals surface area contributed by atoms with Crippen molar-refractivity contribution in [2.24, 2.45) is 0 Å². The quantitative estimate of drug-likeness (QED) is 0.205. The molecule has 1 N–H and O–H groups in total. The number of thiazole rings is 1. The van der Waals surface area contributed by atoms with E-state index >= 15 is 0 Å². The van der Waals surface area contributed by atoms with Crippen molar-refractivity contribution < 1.29 is 19.1 Å². The molecule has 0 aliphatic carbocycles. The highest BCUT2D eigenvalue weighted by Gasteiger charge is 2.54. The summed E-state index contributed by atoms with van der Waals surface area (Å²) in [7, 11) is 1.62. The van der Waals surface area contributed by atoms with Gasteiger partial charge in [0.1, 0.15) is 34.5 Å². The van der Waals surface area contributed by atoms with Crippen LogP contribution >= 0.6 is 35.3 Å². The summed E-state index contributed by atoms with van der Waals surface area (Å²) in [6, 6.07) is 20.2. The van der Waals surface area contributed by atoms with Crippen LogP contribution in [0.2, 0.25) is 0 Å². The zero-order chi connectivity index (χ0) is 29.1. The van der Waals surface area contributed by atoms with E-state index in [0.29, 0.717) is 11.4 Å². The highest BCUT2D eigenvalue weighted by atomic mass is 32.2. The maximum atomic E-state index is 13.6. The second-order valence-electron chi connectivity index (χ2n) is 9.64. The Balaban J connectivity index is 1.25. The Morgan fingerprint density at radius 3 is 2.57 bits per heavy atom. The molecule has 11 heteroatoms. The summed E-state index contributed by atoms with van der Waals surface area (Å²) in [5, 5.41) is 5.61. The van der Waals surface area contributed by atoms with Crippen LogP contribution in [0.3, 0.4) is 0 Å². The van der Waals surface area contributed by atoms with Crippen LogP contribution in [0.15, 0.2) is 90.2 Å². The molecule has 1 saturated heterocycles. The normalized spacial score (nSPS) is 17.7. The molecule has 1 fully saturated rings. The van der Waals surface area contributed by atoms with Crippen molar-refractivity contribution in [3.63, 3.8) is 0 Å². The number of benzene rings is 2. The number of carbonyl (C=O) groups is 2. The predicted octanol–water partition coefficient (Wildman–Crippen LogP) is 5.11. The third-order valence-corrected chi connectivity index (χ3v) is 9.45. The Bertz CT molecular complexity index is 1640. The number of nitrogens with one attached hydrogen (secondary N) is 1. The van der Waals surface area contributed by atoms with E-state index in [1.165, 1.54) is 11.3 Å². The number of β-lactam (4-membered cyclic amide) rings is 1. The Labute approximate surface area is 256 Å². The number of thioether (sulfide) groups is 1. The molecular formula is C31H26N4O4S3. The van der Waals surface area contributed by atoms with Gasteiger partial charge in [-0.1, -0.05) is 42.5 Å². The van der Waals surface area contributed by atoms with Crippen molar-refractivity contribution >= 4 is 57.8 Å². The van der Waals surface area contributed by atoms with Crippen LogP contribution < -0.4 is 10.1 Å². The Kier molecular flexibility index (Phi) is 8.31. The lowest BCUT2D eigenvalue weighted by molar-refractivity contribution is -0.145. The number of aromatic nitrogens is 2. The van der Waals surface area contributed by atoms with Crippen LogP contribution in [-0.4, -0.2) is 56.0 Å². The van der Waals surface area contributed by atoms with E-state index in [1.807, 2.05) is 72.1 Å². The zero-order valence-electron chi connectivity index (χ0n) is 22.6. The fraction of sp³-hybridized carbons (Fsp3) is 0.194. The molecule has 0 bridgehead atoms. The number of amides is 2. The average Bonchev–Trinajstić information content (AvgIpc) is 3.53. The number of carbonyl (C=O) groups excluding carboxylic acids is 2. The van der Waals surface area contributed by atoms with Gasteiger partial charge in [-0.15, -0.1) is 23.1 Å². The van der Waals surface area contributed by atoms with E-state index in [9.17, 15) is 9.59 Å². The molecule has 0 spiro atoms. The number of ether oxygens (including phenoxy) is 2. The van der Waals surface area contributed by atoms with Gasteiger partial charge in [0.05, 0.1) is 19.2 Å². The van der Waals surface area contributed by atoms with Crippen LogP contribution in [0, 0.1) is 0 Å². The molecule has 1 unspecified atom stereocenters. The molecule has 0 saturated carbocycles. The molecule has 42 heavy (non-hydrogen) atoms. The zero-order valence-corrected chi connectivity index (χ0v) is 25.0. The number of hydrogen-bond donors (Lipinski definition) is 1. The summed E-state index contributed by atoms with van der Waals surface area (Å²) < 4.78 is 11.3. The highest BCUT2D eigenvalue weighted by Crippen LogP contribution is 2.45. The molecule has 4 aromatic rings. The summed E-state index contributed by atoms with van der Waals surface area (Å²) in [6.45, 7) is 0.233. The summed E-state index contributed by atoms with van der Waals surface area (Å²) in [5.74, 6) is 0.891. The van der Waals surface area contributed by atoms with Gasteiger partial charge in [0, 0.05) is 34.7 Å². The molecule has 2 aliphatic rings. The SMILES string of the molecule is COc1ccc(COC(=S)C2=C(c3nc(-c4ccncc4)cs3)CS[C@@H]3C(NC(=O)Cc4ccccc4)C(=O)N23)cc1. The summed E-state index contributed by atoms with van der Waals surface area (Å²) >= 11 is 8.88. The highest BCUT2D eigenvalue weighted by molar-refractivity contribution is 8.00. The lowest BCUT2D eigenvalue weighted by Gasteiger charge is -2.50. The minimum atomic E-state index is -0.643. The van der Waals surface area contributed by atoms with Crippen molar-refractivity contribution in [3.8, 4) is 17.0 Å². The molecule has 2 amide bonds. The average molecular weight is 615 g/mol. The Morgan fingerprint density at radius 2 is 1.83 bits per heavy atom. The van der Waals surface area contributed by atoms with Crippen LogP contribution in [0.1, 0.15) is 16.1 Å². The van der Waals surface area contributed by atoms with E-state index < -0.39 is 6.04 Å². The summed E-state index contributed by atoms with van der Waals surface area (Å²) in [4.78, 5) is 37.0. The third kappa shape index (κ3) is 5.80. The largest absolute Gasteiger partial charge is 0.497 e. The first-order valence-electron chi connectivity index (χ1n) is 13.2. The van der Waals surface area contributed by atoms with Gasteiger partial charge in [0.2, 0.25) is 11.0 Å². The first-order chi connectivity index (χ1) is 20.5. The standard InChI is InChI=1S/C31H26N4O4S3/c1-38-22-9-7-20(8-10-22)16-39-31(40)27-23(28-33-24(18-41-28)21-11-13-32-14-12-21)17-42-30-26(29(37)35(27)30)34-25(36)15-19-5-3-2-4-6-19/h2-14,18,26,30H,15-17H2,1H3,(H,34,36)/t26?,30-/m1/s1. The van der Waals surface area contributed by atoms with Gasteiger partial charge in [0.15, 0.2) is 0 Å². The van der Waals surface area contributed by atoms with Crippen molar-refractivity contribution in [1.29, 1.82) is 0 Å². The van der Waals surface area contributed by atoms with Crippen molar-refractivity contribution in [2.45, 2.75) is 24.4 Å². The van der Waals surface area contributed by atoms with Crippen molar-refractivity contribution in [2.75, 3.05) is 12.9 Å². The number of methoxy groups -OCH3 is 1. The lowest BCUT2D eigenvalue weighted by Crippen LogP contribution is -2.70. The van der Waals surface area contributed by atoms with Crippen LogP contribution in [0.4, 0.5) is 0 Å². The molecule has 0 radical (unpaired) electrons. The van der Waals surface area contributed by atoms with Gasteiger partial charge < -0.3 is 14.8 Å². The number of thiocarbonyl (C=S) groups is 1. The van der Waals surface area contributed by atoms with Crippen LogP contribution in [-0.2, 0) is 27.4 Å². The van der Waals surface area contributed by atoms with E-state index in [4.69, 9.17) is 26.7 Å². The van der Waals surface area contributed by atoms with Gasteiger partial charge in [-0.3, -0.25) is 19.5 Å². The Morgan fingerprint density at radius 1 is 1.07 bits per heavy atom. The number of fused-ring (bicyclic) bond motifs is 1. The number of rotatable bonds is 9. The number of nitrogens with zero attached hydrogens (tertiary/aromatic N) is 3.